The van der Waals surface area contributed by atoms with E-state index in [1.807, 2.05) is 6.92 Å². The van der Waals surface area contributed by atoms with Crippen molar-refractivity contribution in [3.8, 4) is 0 Å². The van der Waals surface area contributed by atoms with Crippen molar-refractivity contribution in [1.29, 1.82) is 0 Å². The summed E-state index contributed by atoms with van der Waals surface area (Å²) < 4.78 is 27.4. The number of rotatable bonds is 4. The number of nitrogens with two attached hydrogens (primary N) is 1. The first-order valence-electron chi connectivity index (χ1n) is 8.67. The first kappa shape index (κ1) is 21.2. The lowest BCUT2D eigenvalue weighted by Crippen LogP contribution is -2.41. The second-order valence-corrected chi connectivity index (χ2v) is 8.42. The Bertz CT molecular complexity index is 918. The molecule has 146 valence electrons. The molecule has 0 aromatic heterocycles. The van der Waals surface area contributed by atoms with Gasteiger partial charge >= 0.3 is 0 Å². The highest BCUT2D eigenvalue weighted by Gasteiger charge is 2.31. The summed E-state index contributed by atoms with van der Waals surface area (Å²) in [7, 11) is -3.62. The second-order valence-electron chi connectivity index (χ2n) is 6.53. The van der Waals surface area contributed by atoms with Crippen LogP contribution in [0, 0.1) is 0 Å². The SMILES string of the molecule is CC1CCCCN1S(=O)(=O)c1cccc(C(=O)Nc2ccccc2N)c1.Cl. The van der Waals surface area contributed by atoms with Gasteiger partial charge in [0.05, 0.1) is 16.3 Å². The van der Waals surface area contributed by atoms with Crippen molar-refractivity contribution in [2.45, 2.75) is 37.1 Å². The van der Waals surface area contributed by atoms with Crippen LogP contribution in [0.4, 0.5) is 11.4 Å². The summed E-state index contributed by atoms with van der Waals surface area (Å²) in [6, 6.07) is 13.0. The lowest BCUT2D eigenvalue weighted by molar-refractivity contribution is 0.102. The molecule has 1 aliphatic rings. The molecule has 3 N–H and O–H groups in total. The highest BCUT2D eigenvalue weighted by molar-refractivity contribution is 7.89. The Labute approximate surface area is 166 Å². The van der Waals surface area contributed by atoms with E-state index in [9.17, 15) is 13.2 Å². The van der Waals surface area contributed by atoms with Crippen molar-refractivity contribution in [3.63, 3.8) is 0 Å². The molecule has 1 unspecified atom stereocenters. The molecule has 27 heavy (non-hydrogen) atoms. The number of hydrogen-bond acceptors (Lipinski definition) is 4. The number of piperidine rings is 1. The molecule has 6 nitrogen and oxygen atoms in total. The molecular formula is C19H24ClN3O3S. The van der Waals surface area contributed by atoms with Gasteiger partial charge in [-0.1, -0.05) is 24.6 Å². The highest BCUT2D eigenvalue weighted by atomic mass is 35.5. The summed E-state index contributed by atoms with van der Waals surface area (Å²) in [4.78, 5) is 12.6. The number of amides is 1. The third-order valence-electron chi connectivity index (χ3n) is 4.65. The zero-order valence-corrected chi connectivity index (χ0v) is 16.7. The number of nitrogens with zero attached hydrogens (tertiary/aromatic N) is 1. The third-order valence-corrected chi connectivity index (χ3v) is 6.66. The molecule has 0 bridgehead atoms. The van der Waals surface area contributed by atoms with E-state index in [4.69, 9.17) is 5.73 Å². The van der Waals surface area contributed by atoms with Gasteiger partial charge in [0.15, 0.2) is 0 Å². The van der Waals surface area contributed by atoms with E-state index in [2.05, 4.69) is 5.32 Å². The van der Waals surface area contributed by atoms with Crippen LogP contribution >= 0.6 is 12.4 Å². The van der Waals surface area contributed by atoms with Gasteiger partial charge in [-0.2, -0.15) is 4.31 Å². The van der Waals surface area contributed by atoms with E-state index in [-0.39, 0.29) is 28.9 Å². The summed E-state index contributed by atoms with van der Waals surface area (Å²) in [5.74, 6) is -0.397. The van der Waals surface area contributed by atoms with Gasteiger partial charge in [0.25, 0.3) is 5.91 Å². The molecule has 3 rings (SSSR count). The Morgan fingerprint density at radius 2 is 1.89 bits per heavy atom. The molecule has 8 heteroatoms. The maximum Gasteiger partial charge on any atom is 0.255 e. The summed E-state index contributed by atoms with van der Waals surface area (Å²) in [6.07, 6.45) is 2.75. The molecule has 2 aromatic rings. The van der Waals surface area contributed by atoms with Gasteiger partial charge in [-0.05, 0) is 50.1 Å². The van der Waals surface area contributed by atoms with Crippen LogP contribution in [-0.2, 0) is 10.0 Å². The minimum absolute atomic E-state index is 0. The molecule has 1 heterocycles. The fourth-order valence-electron chi connectivity index (χ4n) is 3.17. The summed E-state index contributed by atoms with van der Waals surface area (Å²) >= 11 is 0. The first-order valence-corrected chi connectivity index (χ1v) is 10.1. The molecule has 0 radical (unpaired) electrons. The number of carbonyl (C=O) groups excluding carboxylic acids is 1. The van der Waals surface area contributed by atoms with E-state index in [1.54, 1.807) is 36.4 Å². The molecule has 1 aliphatic heterocycles. The van der Waals surface area contributed by atoms with Crippen LogP contribution in [0.15, 0.2) is 53.4 Å². The standard InChI is InChI=1S/C19H23N3O3S.ClH/c1-14-7-4-5-12-22(14)26(24,25)16-9-6-8-15(13-16)19(23)21-18-11-3-2-10-17(18)20;/h2-3,6,8-11,13-14H,4-5,7,12,20H2,1H3,(H,21,23);1H. The van der Waals surface area contributed by atoms with Gasteiger partial charge < -0.3 is 11.1 Å². The van der Waals surface area contributed by atoms with Crippen LogP contribution < -0.4 is 11.1 Å². The van der Waals surface area contributed by atoms with Crippen LogP contribution in [0.2, 0.25) is 0 Å². The summed E-state index contributed by atoms with van der Waals surface area (Å²) in [5, 5.41) is 2.72. The maximum absolute atomic E-state index is 13.0. The predicted octanol–water partition coefficient (Wildman–Crippen LogP) is 3.51. The monoisotopic (exact) mass is 409 g/mol. The normalized spacial score (nSPS) is 17.7. The van der Waals surface area contributed by atoms with Crippen LogP contribution in [-0.4, -0.2) is 31.2 Å². The van der Waals surface area contributed by atoms with Crippen LogP contribution in [0.1, 0.15) is 36.5 Å². The smallest absolute Gasteiger partial charge is 0.255 e. The fourth-order valence-corrected chi connectivity index (χ4v) is 4.91. The van der Waals surface area contributed by atoms with E-state index in [0.29, 0.717) is 17.9 Å². The number of hydrogen-bond donors (Lipinski definition) is 2. The van der Waals surface area contributed by atoms with Crippen molar-refractivity contribution >= 4 is 39.7 Å². The number of carbonyl (C=O) groups is 1. The van der Waals surface area contributed by atoms with Crippen LogP contribution in [0.5, 0.6) is 0 Å². The van der Waals surface area contributed by atoms with E-state index in [1.165, 1.54) is 16.4 Å². The Balaban J connectivity index is 0.00000261. The summed E-state index contributed by atoms with van der Waals surface area (Å²) in [5.41, 5.74) is 7.06. The fraction of sp³-hybridized carbons (Fsp3) is 0.316. The highest BCUT2D eigenvalue weighted by Crippen LogP contribution is 2.26. The Kier molecular flexibility index (Phi) is 6.86. The van der Waals surface area contributed by atoms with Crippen LogP contribution in [0.3, 0.4) is 0 Å². The first-order chi connectivity index (χ1) is 12.4. The van der Waals surface area contributed by atoms with Crippen molar-refractivity contribution in [2.24, 2.45) is 0 Å². The molecule has 1 fully saturated rings. The van der Waals surface area contributed by atoms with E-state index >= 15 is 0 Å². The van der Waals surface area contributed by atoms with Crippen molar-refractivity contribution < 1.29 is 13.2 Å². The van der Waals surface area contributed by atoms with Gasteiger partial charge in [-0.25, -0.2) is 8.42 Å². The predicted molar refractivity (Wildman–Crippen MR) is 110 cm³/mol. The van der Waals surface area contributed by atoms with E-state index in [0.717, 1.165) is 19.3 Å². The molecule has 0 spiro atoms. The van der Waals surface area contributed by atoms with Crippen LogP contribution in [0.25, 0.3) is 0 Å². The topological polar surface area (TPSA) is 92.5 Å². The lowest BCUT2D eigenvalue weighted by atomic mass is 10.1. The molecule has 0 aliphatic carbocycles. The zero-order chi connectivity index (χ0) is 18.7. The molecule has 0 saturated carbocycles. The minimum atomic E-state index is -3.62. The number of halogens is 1. The number of sulfonamides is 1. The molecular weight excluding hydrogens is 386 g/mol. The minimum Gasteiger partial charge on any atom is -0.397 e. The number of nitrogens with one attached hydrogen (secondary N) is 1. The maximum atomic E-state index is 13.0. The number of para-hydroxylation sites is 2. The van der Waals surface area contributed by atoms with Gasteiger partial charge in [0.1, 0.15) is 0 Å². The number of benzene rings is 2. The summed E-state index contributed by atoms with van der Waals surface area (Å²) in [6.45, 7) is 2.44. The molecule has 1 saturated heterocycles. The number of nitrogen functional groups attached to an aromatic ring is 1. The van der Waals surface area contributed by atoms with Crippen molar-refractivity contribution in [3.05, 3.63) is 54.1 Å². The Hall–Kier alpha value is -2.09. The zero-order valence-electron chi connectivity index (χ0n) is 15.1. The Morgan fingerprint density at radius 1 is 1.15 bits per heavy atom. The van der Waals surface area contributed by atoms with Crippen molar-refractivity contribution in [1.82, 2.24) is 4.31 Å². The van der Waals surface area contributed by atoms with Gasteiger partial charge in [0, 0.05) is 18.2 Å². The van der Waals surface area contributed by atoms with Gasteiger partial charge in [-0.15, -0.1) is 12.4 Å². The van der Waals surface area contributed by atoms with Crippen molar-refractivity contribution in [2.75, 3.05) is 17.6 Å². The Morgan fingerprint density at radius 3 is 2.59 bits per heavy atom. The third kappa shape index (κ3) is 4.61. The van der Waals surface area contributed by atoms with Gasteiger partial charge in [-0.3, -0.25) is 4.79 Å². The quantitative estimate of drug-likeness (QED) is 0.755. The second kappa shape index (κ2) is 8.73. The lowest BCUT2D eigenvalue weighted by Gasteiger charge is -2.32. The number of anilines is 2. The van der Waals surface area contributed by atoms with Gasteiger partial charge in [0.2, 0.25) is 10.0 Å². The molecule has 1 atom stereocenters. The average molecular weight is 410 g/mol. The van der Waals surface area contributed by atoms with E-state index < -0.39 is 15.9 Å². The average Bonchev–Trinajstić information content (AvgIpc) is 2.64. The largest absolute Gasteiger partial charge is 0.397 e. The molecule has 1 amide bonds. The molecule has 2 aromatic carbocycles.